The first-order valence-electron chi connectivity index (χ1n) is 11.6. The fourth-order valence-corrected chi connectivity index (χ4v) is 5.47. The van der Waals surface area contributed by atoms with Crippen LogP contribution in [0.15, 0.2) is 90.1 Å². The third-order valence-electron chi connectivity index (χ3n) is 6.35. The van der Waals surface area contributed by atoms with Crippen LogP contribution in [-0.2, 0) is 0 Å². The van der Waals surface area contributed by atoms with Gasteiger partial charge in [0.15, 0.2) is 5.16 Å². The van der Waals surface area contributed by atoms with Crippen molar-refractivity contribution in [3.05, 3.63) is 106 Å². The average molecular weight is 522 g/mol. The summed E-state index contributed by atoms with van der Waals surface area (Å²) in [6.07, 6.45) is 1.98. The molecule has 4 aromatic rings. The van der Waals surface area contributed by atoms with Gasteiger partial charge in [0.05, 0.1) is 11.6 Å². The molecule has 0 radical (unpaired) electrons. The molecular formula is C28H26Cl2N4S. The highest BCUT2D eigenvalue weighted by atomic mass is 35.5. The van der Waals surface area contributed by atoms with Gasteiger partial charge in [-0.05, 0) is 35.1 Å². The first kappa shape index (κ1) is 24.1. The predicted molar refractivity (Wildman–Crippen MR) is 148 cm³/mol. The Morgan fingerprint density at radius 2 is 1.34 bits per heavy atom. The molecule has 0 saturated carbocycles. The molecule has 0 aliphatic carbocycles. The zero-order valence-electron chi connectivity index (χ0n) is 19.4. The summed E-state index contributed by atoms with van der Waals surface area (Å²) in [5.41, 5.74) is 4.46. The van der Waals surface area contributed by atoms with Gasteiger partial charge in [-0.3, -0.25) is 4.90 Å². The number of aromatic nitrogens is 2. The van der Waals surface area contributed by atoms with E-state index in [1.54, 1.807) is 0 Å². The molecule has 1 saturated heterocycles. The van der Waals surface area contributed by atoms with Crippen molar-refractivity contribution in [3.8, 4) is 11.1 Å². The van der Waals surface area contributed by atoms with Gasteiger partial charge in [0.25, 0.3) is 0 Å². The first-order chi connectivity index (χ1) is 17.1. The van der Waals surface area contributed by atoms with Crippen LogP contribution in [0, 0.1) is 0 Å². The Morgan fingerprint density at radius 3 is 1.97 bits per heavy atom. The lowest BCUT2D eigenvalue weighted by Crippen LogP contribution is -2.48. The fraction of sp³-hybridized carbons (Fsp3) is 0.214. The predicted octanol–water partition coefficient (Wildman–Crippen LogP) is 7.08. The summed E-state index contributed by atoms with van der Waals surface area (Å²) in [6, 6.07) is 29.2. The van der Waals surface area contributed by atoms with Gasteiger partial charge >= 0.3 is 0 Å². The van der Waals surface area contributed by atoms with Gasteiger partial charge in [-0.25, -0.2) is 9.97 Å². The Morgan fingerprint density at radius 1 is 0.743 bits per heavy atom. The monoisotopic (exact) mass is 520 g/mol. The van der Waals surface area contributed by atoms with Crippen LogP contribution in [0.3, 0.4) is 0 Å². The normalized spacial score (nSPS) is 15.2. The maximum Gasteiger partial charge on any atom is 0.190 e. The first-order valence-corrected chi connectivity index (χ1v) is 13.6. The highest BCUT2D eigenvalue weighted by Gasteiger charge is 2.29. The van der Waals surface area contributed by atoms with E-state index in [0.29, 0.717) is 10.3 Å². The molecule has 1 fully saturated rings. The van der Waals surface area contributed by atoms with Crippen LogP contribution in [0.25, 0.3) is 11.1 Å². The molecule has 0 bridgehead atoms. The molecule has 0 N–H and O–H groups in total. The molecule has 7 heteroatoms. The van der Waals surface area contributed by atoms with Gasteiger partial charge in [-0.1, -0.05) is 108 Å². The summed E-state index contributed by atoms with van der Waals surface area (Å²) < 4.78 is 0. The molecule has 2 heterocycles. The molecule has 0 spiro atoms. The summed E-state index contributed by atoms with van der Waals surface area (Å²) in [6.45, 7) is 3.48. The van der Waals surface area contributed by atoms with Crippen LogP contribution in [0.1, 0.15) is 17.2 Å². The summed E-state index contributed by atoms with van der Waals surface area (Å²) in [7, 11) is 0. The van der Waals surface area contributed by atoms with Crippen molar-refractivity contribution in [1.82, 2.24) is 14.9 Å². The third kappa shape index (κ3) is 5.34. The number of halogens is 2. The number of benzene rings is 3. The van der Waals surface area contributed by atoms with Crippen LogP contribution < -0.4 is 4.90 Å². The largest absolute Gasteiger partial charge is 0.353 e. The zero-order chi connectivity index (χ0) is 24.2. The molecular weight excluding hydrogens is 495 g/mol. The Kier molecular flexibility index (Phi) is 7.59. The van der Waals surface area contributed by atoms with E-state index >= 15 is 0 Å². The van der Waals surface area contributed by atoms with E-state index in [1.807, 2.05) is 36.6 Å². The van der Waals surface area contributed by atoms with Crippen molar-refractivity contribution in [3.63, 3.8) is 0 Å². The van der Waals surface area contributed by atoms with Crippen molar-refractivity contribution in [1.29, 1.82) is 0 Å². The van der Waals surface area contributed by atoms with E-state index in [4.69, 9.17) is 28.2 Å². The standard InChI is InChI=1S/C28H26Cl2N4S/c1-35-28-31-26(30)24(20-8-4-2-5-9-20)27(32-28)34-18-16-33(17-19-34)25(21-10-6-3-7-11-21)22-12-14-23(29)15-13-22/h2-15,25H,16-19H2,1H3/t25-/m0/s1. The topological polar surface area (TPSA) is 32.3 Å². The minimum atomic E-state index is 0.167. The van der Waals surface area contributed by atoms with E-state index in [-0.39, 0.29) is 6.04 Å². The second-order valence-electron chi connectivity index (χ2n) is 8.45. The van der Waals surface area contributed by atoms with Crippen LogP contribution in [0.5, 0.6) is 0 Å². The lowest BCUT2D eigenvalue weighted by Gasteiger charge is -2.40. The van der Waals surface area contributed by atoms with Gasteiger partial charge in [-0.2, -0.15) is 0 Å². The van der Waals surface area contributed by atoms with Gasteiger partial charge in [0.2, 0.25) is 0 Å². The molecule has 3 aromatic carbocycles. The van der Waals surface area contributed by atoms with Crippen LogP contribution >= 0.6 is 35.0 Å². The van der Waals surface area contributed by atoms with E-state index in [2.05, 4.69) is 69.4 Å². The minimum absolute atomic E-state index is 0.167. The van der Waals surface area contributed by atoms with Crippen LogP contribution in [0.2, 0.25) is 10.2 Å². The van der Waals surface area contributed by atoms with E-state index in [9.17, 15) is 0 Å². The number of hydrogen-bond donors (Lipinski definition) is 0. The molecule has 1 atom stereocenters. The summed E-state index contributed by atoms with van der Waals surface area (Å²) in [5, 5.41) is 1.94. The number of rotatable bonds is 6. The Bertz CT molecular complexity index is 1260. The van der Waals surface area contributed by atoms with Gasteiger partial charge in [-0.15, -0.1) is 0 Å². The highest BCUT2D eigenvalue weighted by Crippen LogP contribution is 2.37. The van der Waals surface area contributed by atoms with Crippen molar-refractivity contribution in [2.45, 2.75) is 11.2 Å². The lowest BCUT2D eigenvalue weighted by atomic mass is 9.96. The Hall–Kier alpha value is -2.57. The van der Waals surface area contributed by atoms with Gasteiger partial charge < -0.3 is 4.90 Å². The Balaban J connectivity index is 1.45. The zero-order valence-corrected chi connectivity index (χ0v) is 21.8. The number of hydrogen-bond acceptors (Lipinski definition) is 5. The lowest BCUT2D eigenvalue weighted by molar-refractivity contribution is 0.212. The number of thioether (sulfide) groups is 1. The van der Waals surface area contributed by atoms with Crippen molar-refractivity contribution < 1.29 is 0 Å². The molecule has 1 aliphatic heterocycles. The highest BCUT2D eigenvalue weighted by molar-refractivity contribution is 7.98. The quantitative estimate of drug-likeness (QED) is 0.154. The molecule has 35 heavy (non-hydrogen) atoms. The van der Waals surface area contributed by atoms with Crippen molar-refractivity contribution >= 4 is 40.8 Å². The number of piperazine rings is 1. The fourth-order valence-electron chi connectivity index (χ4n) is 4.66. The average Bonchev–Trinajstić information content (AvgIpc) is 2.91. The minimum Gasteiger partial charge on any atom is -0.353 e. The summed E-state index contributed by atoms with van der Waals surface area (Å²) >= 11 is 14.4. The van der Waals surface area contributed by atoms with Crippen molar-refractivity contribution in [2.24, 2.45) is 0 Å². The SMILES string of the molecule is CSc1nc(Cl)c(-c2ccccc2)c(N2CCN([C@@H](c3ccccc3)c3ccc(Cl)cc3)CC2)n1. The molecule has 1 aromatic heterocycles. The van der Waals surface area contributed by atoms with E-state index in [1.165, 1.54) is 22.9 Å². The molecule has 0 amide bonds. The second kappa shape index (κ2) is 11.0. The molecule has 4 nitrogen and oxygen atoms in total. The Labute approximate surface area is 220 Å². The van der Waals surface area contributed by atoms with Crippen LogP contribution in [-0.4, -0.2) is 47.3 Å². The van der Waals surface area contributed by atoms with E-state index < -0.39 is 0 Å². The maximum absolute atomic E-state index is 6.71. The second-order valence-corrected chi connectivity index (χ2v) is 10.0. The number of anilines is 1. The molecule has 1 aliphatic rings. The molecule has 178 valence electrons. The van der Waals surface area contributed by atoms with Gasteiger partial charge in [0, 0.05) is 31.2 Å². The molecule has 5 rings (SSSR count). The third-order valence-corrected chi connectivity index (χ3v) is 7.42. The van der Waals surface area contributed by atoms with Gasteiger partial charge in [0.1, 0.15) is 11.0 Å². The smallest absolute Gasteiger partial charge is 0.190 e. The van der Waals surface area contributed by atoms with E-state index in [0.717, 1.165) is 48.1 Å². The summed E-state index contributed by atoms with van der Waals surface area (Å²) in [5.74, 6) is 0.906. The van der Waals surface area contributed by atoms with Crippen molar-refractivity contribution in [2.75, 3.05) is 37.3 Å². The van der Waals surface area contributed by atoms with Crippen LogP contribution in [0.4, 0.5) is 5.82 Å². The summed E-state index contributed by atoms with van der Waals surface area (Å²) in [4.78, 5) is 14.3. The molecule has 0 unspecified atom stereocenters. The number of nitrogens with zero attached hydrogens (tertiary/aromatic N) is 4. The maximum atomic E-state index is 6.71.